The molecule has 3 heterocycles. The molecule has 0 spiro atoms. The lowest BCUT2D eigenvalue weighted by Gasteiger charge is -2.17. The number of aromatic nitrogens is 1. The van der Waals surface area contributed by atoms with Crippen LogP contribution in [0.15, 0.2) is 61.8 Å². The Morgan fingerprint density at radius 2 is 2.15 bits per heavy atom. The van der Waals surface area contributed by atoms with Crippen LogP contribution in [0.5, 0.6) is 0 Å². The van der Waals surface area contributed by atoms with E-state index < -0.39 is 0 Å². The summed E-state index contributed by atoms with van der Waals surface area (Å²) in [6.07, 6.45) is 3.66. The molecule has 1 amide bonds. The predicted octanol–water partition coefficient (Wildman–Crippen LogP) is 6.28. The van der Waals surface area contributed by atoms with Gasteiger partial charge in [-0.05, 0) is 64.7 Å². The molecule has 0 atom stereocenters. The number of carbonyl (C=O) groups is 1. The minimum Gasteiger partial charge on any atom is -0.467 e. The summed E-state index contributed by atoms with van der Waals surface area (Å²) in [4.78, 5) is 21.3. The van der Waals surface area contributed by atoms with Crippen LogP contribution in [0.1, 0.15) is 15.4 Å². The van der Waals surface area contributed by atoms with Gasteiger partial charge in [-0.2, -0.15) is 0 Å². The zero-order chi connectivity index (χ0) is 18.1. The van der Waals surface area contributed by atoms with Gasteiger partial charge in [-0.15, -0.1) is 23.1 Å². The Hall–Kier alpha value is -1.61. The fourth-order valence-electron chi connectivity index (χ4n) is 2.48. The summed E-state index contributed by atoms with van der Waals surface area (Å²) >= 11 is 8.05. The summed E-state index contributed by atoms with van der Waals surface area (Å²) in [5.41, 5.74) is 0.896. The first-order valence-corrected chi connectivity index (χ1v) is 11.3. The number of halogens is 1. The second kappa shape index (κ2) is 7.56. The number of thiophene rings is 1. The first kappa shape index (κ1) is 17.8. The first-order chi connectivity index (χ1) is 12.6. The maximum atomic E-state index is 13.1. The van der Waals surface area contributed by atoms with Crippen LogP contribution in [0.2, 0.25) is 0 Å². The molecule has 0 radical (unpaired) electrons. The molecule has 8 heteroatoms. The molecule has 3 aromatic heterocycles. The lowest BCUT2D eigenvalue weighted by atomic mass is 10.3. The van der Waals surface area contributed by atoms with Gasteiger partial charge in [0.05, 0.1) is 31.7 Å². The zero-order valence-corrected chi connectivity index (χ0v) is 17.7. The molecule has 1 aromatic carbocycles. The highest BCUT2D eigenvalue weighted by molar-refractivity contribution is 9.11. The number of benzene rings is 1. The molecule has 4 rings (SSSR count). The minimum atomic E-state index is -0.0822. The molecule has 0 bridgehead atoms. The van der Waals surface area contributed by atoms with Gasteiger partial charge >= 0.3 is 0 Å². The van der Waals surface area contributed by atoms with E-state index in [1.54, 1.807) is 22.9 Å². The van der Waals surface area contributed by atoms with E-state index in [1.165, 1.54) is 27.6 Å². The third kappa shape index (κ3) is 3.59. The van der Waals surface area contributed by atoms with Crippen molar-refractivity contribution in [2.75, 3.05) is 11.2 Å². The minimum absolute atomic E-state index is 0.0822. The van der Waals surface area contributed by atoms with E-state index in [9.17, 15) is 4.79 Å². The molecule has 4 aromatic rings. The van der Waals surface area contributed by atoms with Crippen molar-refractivity contribution >= 4 is 71.6 Å². The Kier molecular flexibility index (Phi) is 5.17. The number of carbonyl (C=O) groups excluding carboxylic acids is 1. The summed E-state index contributed by atoms with van der Waals surface area (Å²) < 4.78 is 7.45. The number of rotatable bonds is 5. The molecular weight excluding hydrogens is 452 g/mol. The normalized spacial score (nSPS) is 11.2. The Bertz CT molecular complexity index is 1060. The maximum absolute atomic E-state index is 13.1. The molecule has 26 heavy (non-hydrogen) atoms. The number of anilines is 1. The van der Waals surface area contributed by atoms with Crippen LogP contribution in [0.4, 0.5) is 5.13 Å². The highest BCUT2D eigenvalue weighted by Crippen LogP contribution is 2.34. The van der Waals surface area contributed by atoms with Gasteiger partial charge in [0.15, 0.2) is 5.13 Å². The van der Waals surface area contributed by atoms with Crippen LogP contribution in [-0.4, -0.2) is 17.1 Å². The Morgan fingerprint density at radius 1 is 1.27 bits per heavy atom. The maximum Gasteiger partial charge on any atom is 0.270 e. The smallest absolute Gasteiger partial charge is 0.270 e. The summed E-state index contributed by atoms with van der Waals surface area (Å²) in [6.45, 7) is 0.344. The van der Waals surface area contributed by atoms with E-state index in [4.69, 9.17) is 4.42 Å². The van der Waals surface area contributed by atoms with Crippen molar-refractivity contribution in [3.63, 3.8) is 0 Å². The quantitative estimate of drug-likeness (QED) is 0.326. The Balaban J connectivity index is 1.75. The number of thiazole rings is 1. The van der Waals surface area contributed by atoms with Crippen LogP contribution in [0.25, 0.3) is 10.2 Å². The molecule has 0 N–H and O–H groups in total. The molecule has 132 valence electrons. The Morgan fingerprint density at radius 3 is 2.85 bits per heavy atom. The van der Waals surface area contributed by atoms with Gasteiger partial charge in [0.1, 0.15) is 5.76 Å². The highest BCUT2D eigenvalue weighted by atomic mass is 79.9. The van der Waals surface area contributed by atoms with E-state index in [0.29, 0.717) is 16.6 Å². The van der Waals surface area contributed by atoms with Gasteiger partial charge in [-0.1, -0.05) is 11.3 Å². The topological polar surface area (TPSA) is 46.3 Å². The molecule has 4 nitrogen and oxygen atoms in total. The molecular formula is C18H13BrN2O2S3. The van der Waals surface area contributed by atoms with E-state index in [0.717, 1.165) is 19.8 Å². The van der Waals surface area contributed by atoms with Crippen molar-refractivity contribution in [1.82, 2.24) is 4.98 Å². The molecule has 0 aliphatic heterocycles. The van der Waals surface area contributed by atoms with Gasteiger partial charge < -0.3 is 4.42 Å². The van der Waals surface area contributed by atoms with E-state index in [-0.39, 0.29) is 5.91 Å². The second-order valence-electron chi connectivity index (χ2n) is 5.40. The molecule has 0 unspecified atom stereocenters. The monoisotopic (exact) mass is 464 g/mol. The Labute approximate surface area is 171 Å². The second-order valence-corrected chi connectivity index (χ2v) is 9.76. The van der Waals surface area contributed by atoms with Crippen molar-refractivity contribution in [3.05, 3.63) is 63.2 Å². The summed E-state index contributed by atoms with van der Waals surface area (Å²) in [5.74, 6) is 0.638. The average Bonchev–Trinajstić information content (AvgIpc) is 3.38. The predicted molar refractivity (Wildman–Crippen MR) is 113 cm³/mol. The zero-order valence-electron chi connectivity index (χ0n) is 13.6. The SMILES string of the molecule is CSc1ccc2nc(N(Cc3ccco3)C(=O)c3ccc(Br)s3)sc2c1. The number of thioether (sulfide) groups is 1. The van der Waals surface area contributed by atoms with Crippen LogP contribution in [-0.2, 0) is 6.54 Å². The van der Waals surface area contributed by atoms with E-state index in [2.05, 4.69) is 27.0 Å². The lowest BCUT2D eigenvalue weighted by Crippen LogP contribution is -2.29. The fraction of sp³-hybridized carbons (Fsp3) is 0.111. The number of hydrogen-bond acceptors (Lipinski definition) is 6. The fourth-order valence-corrected chi connectivity index (χ4v) is 5.33. The molecule has 0 aliphatic carbocycles. The van der Waals surface area contributed by atoms with Crippen LogP contribution >= 0.6 is 50.4 Å². The third-order valence-electron chi connectivity index (χ3n) is 3.74. The summed E-state index contributed by atoms with van der Waals surface area (Å²) in [5, 5.41) is 0.671. The molecule has 0 saturated carbocycles. The molecule has 0 aliphatic rings. The van der Waals surface area contributed by atoms with Gasteiger partial charge in [0.25, 0.3) is 5.91 Å². The van der Waals surface area contributed by atoms with E-state index >= 15 is 0 Å². The van der Waals surface area contributed by atoms with Gasteiger partial charge in [-0.25, -0.2) is 4.98 Å². The molecule has 0 saturated heterocycles. The van der Waals surface area contributed by atoms with Crippen molar-refractivity contribution in [2.24, 2.45) is 0 Å². The summed E-state index contributed by atoms with van der Waals surface area (Å²) in [6, 6.07) is 13.5. The number of furan rings is 1. The standard InChI is InChI=1S/C18H13BrN2O2S3/c1-24-12-4-5-13-15(9-12)26-18(20-13)21(10-11-3-2-8-23-11)17(22)14-6-7-16(19)25-14/h2-9H,10H2,1H3. The highest BCUT2D eigenvalue weighted by Gasteiger charge is 2.24. The van der Waals surface area contributed by atoms with Crippen molar-refractivity contribution in [1.29, 1.82) is 0 Å². The number of nitrogens with zero attached hydrogens (tertiary/aromatic N) is 2. The first-order valence-electron chi connectivity index (χ1n) is 7.68. The average molecular weight is 465 g/mol. The van der Waals surface area contributed by atoms with Crippen molar-refractivity contribution in [3.8, 4) is 0 Å². The van der Waals surface area contributed by atoms with Gasteiger partial charge in [0.2, 0.25) is 0 Å². The van der Waals surface area contributed by atoms with Gasteiger partial charge in [-0.3, -0.25) is 9.69 Å². The van der Waals surface area contributed by atoms with Gasteiger partial charge in [0, 0.05) is 4.90 Å². The van der Waals surface area contributed by atoms with Crippen molar-refractivity contribution in [2.45, 2.75) is 11.4 Å². The summed E-state index contributed by atoms with van der Waals surface area (Å²) in [7, 11) is 0. The lowest BCUT2D eigenvalue weighted by molar-refractivity contribution is 0.0987. The largest absolute Gasteiger partial charge is 0.467 e. The number of amides is 1. The number of fused-ring (bicyclic) bond motifs is 1. The van der Waals surface area contributed by atoms with E-state index in [1.807, 2.05) is 42.7 Å². The third-order valence-corrected chi connectivity index (χ3v) is 7.12. The van der Waals surface area contributed by atoms with Crippen molar-refractivity contribution < 1.29 is 9.21 Å². The van der Waals surface area contributed by atoms with Crippen LogP contribution in [0.3, 0.4) is 0 Å². The van der Waals surface area contributed by atoms with Crippen LogP contribution < -0.4 is 4.90 Å². The molecule has 0 fully saturated rings. The van der Waals surface area contributed by atoms with Crippen LogP contribution in [0, 0.1) is 0 Å². The number of hydrogen-bond donors (Lipinski definition) is 0.